The van der Waals surface area contributed by atoms with Crippen LogP contribution in [0.2, 0.25) is 0 Å². The third-order valence-corrected chi connectivity index (χ3v) is 4.03. The van der Waals surface area contributed by atoms with E-state index >= 15 is 0 Å². The van der Waals surface area contributed by atoms with Gasteiger partial charge in [-0.15, -0.1) is 0 Å². The van der Waals surface area contributed by atoms with Crippen molar-refractivity contribution in [3.63, 3.8) is 0 Å². The third kappa shape index (κ3) is 3.88. The minimum absolute atomic E-state index is 0.179. The lowest BCUT2D eigenvalue weighted by molar-refractivity contribution is 0.0432. The zero-order valence-corrected chi connectivity index (χ0v) is 9.66. The summed E-state index contributed by atoms with van der Waals surface area (Å²) in [5.41, 5.74) is -0.605. The average Bonchev–Trinajstić information content (AvgIpc) is 2.50. The molecule has 1 fully saturated rings. The highest BCUT2D eigenvalue weighted by Gasteiger charge is 2.23. The Morgan fingerprint density at radius 3 is 2.77 bits per heavy atom. The molecule has 13 heavy (non-hydrogen) atoms. The highest BCUT2D eigenvalue weighted by atomic mass is 32.2. The molecule has 1 aliphatic rings. The maximum Gasteiger partial charge on any atom is 0.0741 e. The van der Waals surface area contributed by atoms with Gasteiger partial charge in [0, 0.05) is 6.04 Å². The van der Waals surface area contributed by atoms with Crippen LogP contribution < -0.4 is 5.32 Å². The highest BCUT2D eigenvalue weighted by molar-refractivity contribution is 7.99. The van der Waals surface area contributed by atoms with Crippen LogP contribution in [0.1, 0.15) is 27.2 Å². The van der Waals surface area contributed by atoms with Gasteiger partial charge in [-0.3, -0.25) is 0 Å². The highest BCUT2D eigenvalue weighted by Crippen LogP contribution is 2.22. The molecule has 1 saturated heterocycles. The molecule has 78 valence electrons. The number of hydrogen-bond acceptors (Lipinski definition) is 3. The van der Waals surface area contributed by atoms with E-state index in [1.54, 1.807) is 0 Å². The van der Waals surface area contributed by atoms with Gasteiger partial charge in [0.1, 0.15) is 0 Å². The van der Waals surface area contributed by atoms with Crippen LogP contribution >= 0.6 is 11.8 Å². The largest absolute Gasteiger partial charge is 0.389 e. The number of hydrogen-bond donors (Lipinski definition) is 2. The number of nitrogens with one attached hydrogen (secondary N) is 1. The third-order valence-electron chi connectivity index (χ3n) is 2.80. The maximum atomic E-state index is 9.69. The Bertz CT molecular complexity index is 149. The van der Waals surface area contributed by atoms with Crippen molar-refractivity contribution in [1.82, 2.24) is 5.32 Å². The van der Waals surface area contributed by atoms with Crippen LogP contribution in [0.5, 0.6) is 0 Å². The average molecular weight is 203 g/mol. The molecule has 2 atom stereocenters. The van der Waals surface area contributed by atoms with Crippen LogP contribution in [-0.4, -0.2) is 34.8 Å². The maximum absolute atomic E-state index is 9.69. The van der Waals surface area contributed by atoms with E-state index in [1.807, 2.05) is 32.5 Å². The topological polar surface area (TPSA) is 32.3 Å². The predicted octanol–water partition coefficient (Wildman–Crippen LogP) is 1.49. The fourth-order valence-corrected chi connectivity index (χ4v) is 2.62. The fraction of sp³-hybridized carbons (Fsp3) is 1.00. The van der Waals surface area contributed by atoms with Gasteiger partial charge < -0.3 is 10.4 Å². The van der Waals surface area contributed by atoms with Crippen molar-refractivity contribution < 1.29 is 5.11 Å². The van der Waals surface area contributed by atoms with Crippen LogP contribution in [0.3, 0.4) is 0 Å². The number of thioether (sulfide) groups is 1. The summed E-state index contributed by atoms with van der Waals surface area (Å²) in [6.07, 6.45) is 1.33. The summed E-state index contributed by atoms with van der Waals surface area (Å²) < 4.78 is 0. The summed E-state index contributed by atoms with van der Waals surface area (Å²) in [7, 11) is 0. The van der Waals surface area contributed by atoms with Gasteiger partial charge in [0.15, 0.2) is 0 Å². The number of aliphatic hydroxyl groups is 1. The predicted molar refractivity (Wildman–Crippen MR) is 59.2 cm³/mol. The van der Waals surface area contributed by atoms with Gasteiger partial charge in [-0.25, -0.2) is 0 Å². The van der Waals surface area contributed by atoms with Crippen molar-refractivity contribution >= 4 is 11.8 Å². The first-order valence-corrected chi connectivity index (χ1v) is 6.19. The standard InChI is InChI=1S/C10H21NOS/c1-8(10(2,3)12)11-6-9-4-5-13-7-9/h8-9,11-12H,4-7H2,1-3H3. The lowest BCUT2D eigenvalue weighted by Crippen LogP contribution is -2.46. The van der Waals surface area contributed by atoms with E-state index in [0.29, 0.717) is 0 Å². The van der Waals surface area contributed by atoms with Crippen LogP contribution in [0.15, 0.2) is 0 Å². The van der Waals surface area contributed by atoms with Gasteiger partial charge in [-0.2, -0.15) is 11.8 Å². The summed E-state index contributed by atoms with van der Waals surface area (Å²) in [5, 5.41) is 13.1. The van der Waals surface area contributed by atoms with E-state index in [2.05, 4.69) is 5.32 Å². The molecule has 1 heterocycles. The summed E-state index contributed by atoms with van der Waals surface area (Å²) in [4.78, 5) is 0. The molecule has 1 rings (SSSR count). The van der Waals surface area contributed by atoms with Crippen LogP contribution in [0.4, 0.5) is 0 Å². The first kappa shape index (κ1) is 11.3. The van der Waals surface area contributed by atoms with E-state index in [0.717, 1.165) is 12.5 Å². The van der Waals surface area contributed by atoms with E-state index in [9.17, 15) is 5.11 Å². The first-order chi connectivity index (χ1) is 6.00. The SMILES string of the molecule is CC(NCC1CCSC1)C(C)(C)O. The van der Waals surface area contributed by atoms with E-state index < -0.39 is 5.60 Å². The molecule has 0 saturated carbocycles. The Balaban J connectivity index is 2.17. The molecule has 0 bridgehead atoms. The molecule has 0 aromatic rings. The zero-order chi connectivity index (χ0) is 9.90. The monoisotopic (exact) mass is 203 g/mol. The Morgan fingerprint density at radius 2 is 2.31 bits per heavy atom. The minimum atomic E-state index is -0.605. The normalized spacial score (nSPS) is 26.3. The van der Waals surface area contributed by atoms with Crippen molar-refractivity contribution in [2.45, 2.75) is 38.8 Å². The summed E-state index contributed by atoms with van der Waals surface area (Å²) >= 11 is 2.04. The van der Waals surface area contributed by atoms with Crippen molar-refractivity contribution in [3.8, 4) is 0 Å². The quantitative estimate of drug-likeness (QED) is 0.726. The second kappa shape index (κ2) is 4.67. The van der Waals surface area contributed by atoms with Crippen LogP contribution in [-0.2, 0) is 0 Å². The Hall–Kier alpha value is 0.270. The smallest absolute Gasteiger partial charge is 0.0741 e. The number of rotatable bonds is 4. The molecular weight excluding hydrogens is 182 g/mol. The lowest BCUT2D eigenvalue weighted by atomic mass is 10.00. The fourth-order valence-electron chi connectivity index (χ4n) is 1.34. The molecule has 1 aliphatic heterocycles. The molecule has 0 spiro atoms. The van der Waals surface area contributed by atoms with Gasteiger partial charge >= 0.3 is 0 Å². The molecular formula is C10H21NOS. The molecule has 2 nitrogen and oxygen atoms in total. The van der Waals surface area contributed by atoms with Gasteiger partial charge in [0.05, 0.1) is 5.60 Å². The van der Waals surface area contributed by atoms with Crippen molar-refractivity contribution in [2.75, 3.05) is 18.1 Å². The van der Waals surface area contributed by atoms with Gasteiger partial charge in [-0.05, 0) is 51.2 Å². The Kier molecular flexibility index (Phi) is 4.07. The Labute approximate surface area is 85.5 Å². The minimum Gasteiger partial charge on any atom is -0.389 e. The molecule has 0 aromatic carbocycles. The second-order valence-electron chi connectivity index (χ2n) is 4.51. The van der Waals surface area contributed by atoms with Gasteiger partial charge in [0.25, 0.3) is 0 Å². The molecule has 2 unspecified atom stereocenters. The van der Waals surface area contributed by atoms with Crippen molar-refractivity contribution in [1.29, 1.82) is 0 Å². The summed E-state index contributed by atoms with van der Waals surface area (Å²) in [6, 6.07) is 0.179. The molecule has 3 heteroatoms. The van der Waals surface area contributed by atoms with Crippen molar-refractivity contribution in [3.05, 3.63) is 0 Å². The summed E-state index contributed by atoms with van der Waals surface area (Å²) in [5.74, 6) is 3.41. The first-order valence-electron chi connectivity index (χ1n) is 5.03. The van der Waals surface area contributed by atoms with E-state index in [-0.39, 0.29) is 6.04 Å². The van der Waals surface area contributed by atoms with Crippen LogP contribution in [0.25, 0.3) is 0 Å². The molecule has 0 aliphatic carbocycles. The zero-order valence-electron chi connectivity index (χ0n) is 8.84. The lowest BCUT2D eigenvalue weighted by Gasteiger charge is -2.27. The molecule has 0 radical (unpaired) electrons. The molecule has 2 N–H and O–H groups in total. The van der Waals surface area contributed by atoms with E-state index in [4.69, 9.17) is 0 Å². The molecule has 0 aromatic heterocycles. The Morgan fingerprint density at radius 1 is 1.62 bits per heavy atom. The summed E-state index contributed by atoms with van der Waals surface area (Å²) in [6.45, 7) is 6.81. The van der Waals surface area contributed by atoms with Crippen molar-refractivity contribution in [2.24, 2.45) is 5.92 Å². The molecule has 0 amide bonds. The van der Waals surface area contributed by atoms with Gasteiger partial charge in [0.2, 0.25) is 0 Å². The van der Waals surface area contributed by atoms with Gasteiger partial charge in [-0.1, -0.05) is 0 Å². The van der Waals surface area contributed by atoms with E-state index in [1.165, 1.54) is 17.9 Å². The van der Waals surface area contributed by atoms with Crippen LogP contribution in [0, 0.1) is 5.92 Å². The second-order valence-corrected chi connectivity index (χ2v) is 5.66.